The van der Waals surface area contributed by atoms with Crippen LogP contribution in [0, 0.1) is 27.7 Å². The number of rotatable bonds is 6. The largest absolute Gasteiger partial charge is 0.247 e. The molecule has 2 aromatic carbocycles. The van der Waals surface area contributed by atoms with Gasteiger partial charge < -0.3 is 0 Å². The van der Waals surface area contributed by atoms with Gasteiger partial charge in [-0.2, -0.15) is 0 Å². The average Bonchev–Trinajstić information content (AvgIpc) is 2.47. The van der Waals surface area contributed by atoms with Gasteiger partial charge in [0.15, 0.2) is 0 Å². The Labute approximate surface area is 136 Å². The van der Waals surface area contributed by atoms with Crippen LogP contribution in [0.1, 0.15) is 33.4 Å². The van der Waals surface area contributed by atoms with Crippen LogP contribution in [-0.4, -0.2) is 0 Å². The van der Waals surface area contributed by atoms with Gasteiger partial charge in [-0.1, -0.05) is 36.4 Å². The Balaban J connectivity index is 1.78. The molecule has 2 rings (SSSR count). The Morgan fingerprint density at radius 3 is 1.57 bits per heavy atom. The van der Waals surface area contributed by atoms with E-state index in [0.717, 1.165) is 11.5 Å². The number of aryl methyl sites for hydroxylation is 2. The van der Waals surface area contributed by atoms with Gasteiger partial charge in [0.25, 0.3) is 0 Å². The quantitative estimate of drug-likeness (QED) is 0.482. The van der Waals surface area contributed by atoms with Gasteiger partial charge >= 0.3 is 0 Å². The molecule has 0 N–H and O–H groups in total. The maximum Gasteiger partial charge on any atom is 0.0464 e. The van der Waals surface area contributed by atoms with Crippen LogP contribution in [-0.2, 0) is 15.1 Å². The second kappa shape index (κ2) is 7.92. The van der Waals surface area contributed by atoms with E-state index in [1.807, 2.05) is 0 Å². The van der Waals surface area contributed by atoms with Crippen LogP contribution in [0.15, 0.2) is 36.4 Å². The monoisotopic (exact) mass is 318 g/mol. The van der Waals surface area contributed by atoms with Crippen LogP contribution in [0.2, 0.25) is 0 Å². The zero-order valence-corrected chi connectivity index (χ0v) is 14.7. The van der Waals surface area contributed by atoms with Crippen molar-refractivity contribution in [2.24, 2.45) is 0 Å². The summed E-state index contributed by atoms with van der Waals surface area (Å²) in [5.74, 6) is 1.79. The van der Waals surface area contributed by atoms with Gasteiger partial charge in [-0.3, -0.25) is 0 Å². The highest BCUT2D eigenvalue weighted by Crippen LogP contribution is 2.26. The van der Waals surface area contributed by atoms with Gasteiger partial charge in [0.05, 0.1) is 0 Å². The fourth-order valence-electron chi connectivity index (χ4n) is 2.15. The van der Waals surface area contributed by atoms with Gasteiger partial charge in [-0.15, -0.1) is 0 Å². The normalized spacial score (nSPS) is 10.9. The van der Waals surface area contributed by atoms with Crippen molar-refractivity contribution in [2.45, 2.75) is 39.2 Å². The molecule has 0 saturated carbocycles. The molecule has 0 aliphatic rings. The molecular weight excluding hydrogens is 296 g/mol. The van der Waals surface area contributed by atoms with Crippen molar-refractivity contribution in [3.8, 4) is 0 Å². The highest BCUT2D eigenvalue weighted by molar-refractivity contribution is 8.07. The van der Waals surface area contributed by atoms with Gasteiger partial charge in [0.2, 0.25) is 0 Å². The third-order valence-electron chi connectivity index (χ3n) is 3.96. The summed E-state index contributed by atoms with van der Waals surface area (Å²) in [7, 11) is 0. The van der Waals surface area contributed by atoms with Gasteiger partial charge in [0.1, 0.15) is 0 Å². The summed E-state index contributed by atoms with van der Waals surface area (Å²) in [4.78, 5) is 0. The molecule has 0 amide bonds. The lowest BCUT2D eigenvalue weighted by Gasteiger charge is -2.09. The van der Waals surface area contributed by atoms with Crippen LogP contribution in [0.5, 0.6) is 0 Å². The van der Waals surface area contributed by atoms with E-state index >= 15 is 0 Å². The maximum atomic E-state index is 5.66. The number of hydrogen-bond acceptors (Lipinski definition) is 3. The summed E-state index contributed by atoms with van der Waals surface area (Å²) in [6.45, 7) is 8.65. The SMILES string of the molecule is Cc1cccc(CSOSCc2cccc(C)c2C)c1C. The van der Waals surface area contributed by atoms with Crippen molar-refractivity contribution in [3.63, 3.8) is 0 Å². The Bertz CT molecular complexity index is 555. The first kappa shape index (κ1) is 16.5. The van der Waals surface area contributed by atoms with Crippen molar-refractivity contribution >= 4 is 24.1 Å². The van der Waals surface area contributed by atoms with Crippen molar-refractivity contribution in [1.82, 2.24) is 0 Å². The predicted octanol–water partition coefficient (Wildman–Crippen LogP) is 5.93. The average molecular weight is 319 g/mol. The molecule has 0 spiro atoms. The van der Waals surface area contributed by atoms with E-state index in [1.54, 1.807) is 0 Å². The molecule has 2 aromatic rings. The van der Waals surface area contributed by atoms with Crippen LogP contribution in [0.4, 0.5) is 0 Å². The van der Waals surface area contributed by atoms with Crippen LogP contribution < -0.4 is 0 Å². The summed E-state index contributed by atoms with van der Waals surface area (Å²) in [5.41, 5.74) is 8.13. The Hall–Kier alpha value is -0.900. The first-order valence-electron chi connectivity index (χ1n) is 7.11. The lowest BCUT2D eigenvalue weighted by molar-refractivity contribution is 0.754. The van der Waals surface area contributed by atoms with Crippen molar-refractivity contribution in [1.29, 1.82) is 0 Å². The number of hydrogen-bond donors (Lipinski definition) is 0. The summed E-state index contributed by atoms with van der Waals surface area (Å²) in [5, 5.41) is 0. The zero-order valence-electron chi connectivity index (χ0n) is 13.1. The summed E-state index contributed by atoms with van der Waals surface area (Å²) < 4.78 is 5.66. The van der Waals surface area contributed by atoms with E-state index < -0.39 is 0 Å². The fourth-order valence-corrected chi connectivity index (χ4v) is 3.68. The molecular formula is C18H22OS2. The Morgan fingerprint density at radius 1 is 0.714 bits per heavy atom. The topological polar surface area (TPSA) is 9.23 Å². The molecule has 0 unspecified atom stereocenters. The van der Waals surface area contributed by atoms with Gasteiger partial charge in [-0.25, -0.2) is 3.63 Å². The van der Waals surface area contributed by atoms with Gasteiger partial charge in [-0.05, 0) is 61.1 Å². The summed E-state index contributed by atoms with van der Waals surface area (Å²) in [6.07, 6.45) is 0. The third kappa shape index (κ3) is 4.53. The van der Waals surface area contributed by atoms with Crippen LogP contribution in [0.25, 0.3) is 0 Å². The van der Waals surface area contributed by atoms with E-state index in [2.05, 4.69) is 64.1 Å². The van der Waals surface area contributed by atoms with Crippen molar-refractivity contribution in [3.05, 3.63) is 69.8 Å². The van der Waals surface area contributed by atoms with E-state index in [4.69, 9.17) is 3.63 Å². The second-order valence-electron chi connectivity index (χ2n) is 5.31. The molecule has 0 aliphatic heterocycles. The smallest absolute Gasteiger partial charge is 0.0464 e. The fraction of sp³-hybridized carbons (Fsp3) is 0.333. The summed E-state index contributed by atoms with van der Waals surface area (Å²) in [6, 6.07) is 12.9. The molecule has 0 heterocycles. The standard InChI is InChI=1S/C18H22OS2/c1-13-7-5-9-17(15(13)3)11-20-19-21-12-18-10-6-8-14(2)16(18)4/h5-10H,11-12H2,1-4H3. The van der Waals surface area contributed by atoms with Crippen LogP contribution in [0.3, 0.4) is 0 Å². The highest BCUT2D eigenvalue weighted by Gasteiger charge is 2.04. The van der Waals surface area contributed by atoms with E-state index in [1.165, 1.54) is 57.5 Å². The van der Waals surface area contributed by atoms with Crippen molar-refractivity contribution in [2.75, 3.05) is 0 Å². The molecule has 0 bridgehead atoms. The highest BCUT2D eigenvalue weighted by atomic mass is 32.2. The minimum atomic E-state index is 0.896. The Kier molecular flexibility index (Phi) is 6.22. The molecule has 0 atom stereocenters. The molecule has 3 heteroatoms. The maximum absolute atomic E-state index is 5.66. The lowest BCUT2D eigenvalue weighted by Crippen LogP contribution is -1.91. The van der Waals surface area contributed by atoms with E-state index in [0.29, 0.717) is 0 Å². The van der Waals surface area contributed by atoms with Crippen LogP contribution >= 0.6 is 24.1 Å². The minimum absolute atomic E-state index is 0.896. The molecule has 21 heavy (non-hydrogen) atoms. The number of benzene rings is 2. The molecule has 0 aliphatic carbocycles. The first-order chi connectivity index (χ1) is 10.1. The lowest BCUT2D eigenvalue weighted by atomic mass is 10.1. The Morgan fingerprint density at radius 2 is 1.14 bits per heavy atom. The van der Waals surface area contributed by atoms with Gasteiger partial charge in [0, 0.05) is 35.6 Å². The zero-order chi connectivity index (χ0) is 15.2. The summed E-state index contributed by atoms with van der Waals surface area (Å²) >= 11 is 3.04. The van der Waals surface area contributed by atoms with E-state index in [-0.39, 0.29) is 0 Å². The first-order valence-corrected chi connectivity index (χ1v) is 8.93. The molecule has 0 radical (unpaired) electrons. The minimum Gasteiger partial charge on any atom is -0.247 e. The second-order valence-corrected chi connectivity index (χ2v) is 6.90. The molecule has 0 fully saturated rings. The third-order valence-corrected chi connectivity index (χ3v) is 5.59. The molecule has 0 aromatic heterocycles. The van der Waals surface area contributed by atoms with E-state index in [9.17, 15) is 0 Å². The molecule has 1 nitrogen and oxygen atoms in total. The van der Waals surface area contributed by atoms with Crippen molar-refractivity contribution < 1.29 is 3.63 Å². The predicted molar refractivity (Wildman–Crippen MR) is 95.5 cm³/mol. The molecule has 0 saturated heterocycles. The molecule has 112 valence electrons.